The van der Waals surface area contributed by atoms with Crippen molar-refractivity contribution in [3.05, 3.63) is 46.3 Å². The molecule has 1 aromatic carbocycles. The van der Waals surface area contributed by atoms with Gasteiger partial charge in [-0.1, -0.05) is 58.6 Å². The van der Waals surface area contributed by atoms with Crippen molar-refractivity contribution >= 4 is 35.4 Å². The van der Waals surface area contributed by atoms with Crippen molar-refractivity contribution < 1.29 is 0 Å². The lowest BCUT2D eigenvalue weighted by atomic mass is 9.75. The molecule has 0 radical (unpaired) electrons. The number of thiophene rings is 1. The van der Waals surface area contributed by atoms with Crippen LogP contribution in [0.5, 0.6) is 0 Å². The van der Waals surface area contributed by atoms with Crippen LogP contribution < -0.4 is 9.62 Å². The van der Waals surface area contributed by atoms with Crippen LogP contribution in [0.2, 0.25) is 0 Å². The van der Waals surface area contributed by atoms with Gasteiger partial charge in [0, 0.05) is 35.1 Å². The Balaban J connectivity index is 1.75. The second-order valence-corrected chi connectivity index (χ2v) is 11.7. The van der Waals surface area contributed by atoms with Gasteiger partial charge in [-0.15, -0.1) is 11.3 Å². The lowest BCUT2D eigenvalue weighted by Crippen LogP contribution is -2.27. The van der Waals surface area contributed by atoms with Gasteiger partial charge in [-0.05, 0) is 84.4 Å². The summed E-state index contributed by atoms with van der Waals surface area (Å²) in [5.74, 6) is 0. The first-order valence-electron chi connectivity index (χ1n) is 12.0. The van der Waals surface area contributed by atoms with E-state index in [4.69, 9.17) is 0 Å². The van der Waals surface area contributed by atoms with Crippen LogP contribution in [-0.4, -0.2) is 13.1 Å². The molecule has 1 fully saturated rings. The van der Waals surface area contributed by atoms with E-state index in [1.54, 1.807) is 10.4 Å². The number of hydrogen-bond donors (Lipinski definition) is 2. The molecule has 0 spiro atoms. The third-order valence-corrected chi connectivity index (χ3v) is 8.51. The maximum absolute atomic E-state index is 4.39. The highest BCUT2D eigenvalue weighted by molar-refractivity contribution is 7.78. The molecular weight excluding hydrogens is 416 g/mol. The zero-order chi connectivity index (χ0) is 22.0. The third-order valence-electron chi connectivity index (χ3n) is 7.03. The van der Waals surface area contributed by atoms with Crippen LogP contribution >= 0.6 is 24.2 Å². The van der Waals surface area contributed by atoms with Crippen molar-refractivity contribution in [3.8, 4) is 10.4 Å². The van der Waals surface area contributed by atoms with E-state index in [9.17, 15) is 0 Å². The minimum atomic E-state index is 0.375. The van der Waals surface area contributed by atoms with E-state index in [1.807, 2.05) is 11.3 Å². The summed E-state index contributed by atoms with van der Waals surface area (Å²) in [6.07, 6.45) is 10.3. The fourth-order valence-corrected chi connectivity index (χ4v) is 6.92. The number of hydrogen-bond acceptors (Lipinski definition) is 4. The highest BCUT2D eigenvalue weighted by Gasteiger charge is 2.31. The molecule has 4 rings (SSSR count). The molecule has 2 aliphatic rings. The molecule has 1 aliphatic heterocycles. The van der Waals surface area contributed by atoms with Crippen molar-refractivity contribution in [2.24, 2.45) is 5.41 Å². The molecule has 4 heteroatoms. The van der Waals surface area contributed by atoms with Gasteiger partial charge in [0.1, 0.15) is 0 Å². The van der Waals surface area contributed by atoms with Crippen molar-refractivity contribution in [2.45, 2.75) is 78.7 Å². The molecule has 2 nitrogen and oxygen atoms in total. The van der Waals surface area contributed by atoms with E-state index in [2.05, 4.69) is 68.0 Å². The van der Waals surface area contributed by atoms with Gasteiger partial charge in [0.05, 0.1) is 0 Å². The number of fused-ring (bicyclic) bond motifs is 1. The molecule has 2 heterocycles. The summed E-state index contributed by atoms with van der Waals surface area (Å²) in [5.41, 5.74) is 8.60. The van der Waals surface area contributed by atoms with E-state index in [-0.39, 0.29) is 0 Å². The first-order valence-corrected chi connectivity index (χ1v) is 13.2. The van der Waals surface area contributed by atoms with Gasteiger partial charge in [-0.2, -0.15) is 0 Å². The van der Waals surface area contributed by atoms with Crippen LogP contribution in [0.4, 0.5) is 5.69 Å². The summed E-state index contributed by atoms with van der Waals surface area (Å²) in [6.45, 7) is 14.5. The van der Waals surface area contributed by atoms with Crippen molar-refractivity contribution in [2.75, 3.05) is 18.0 Å². The molecule has 31 heavy (non-hydrogen) atoms. The molecule has 0 bridgehead atoms. The summed E-state index contributed by atoms with van der Waals surface area (Å²) >= 11 is 6.37. The molecule has 1 aromatic heterocycles. The van der Waals surface area contributed by atoms with Gasteiger partial charge in [-0.25, -0.2) is 0 Å². The molecule has 0 amide bonds. The van der Waals surface area contributed by atoms with E-state index < -0.39 is 0 Å². The fourth-order valence-electron chi connectivity index (χ4n) is 5.30. The maximum atomic E-state index is 4.39. The number of allylic oxidation sites excluding steroid dienone is 1. The lowest BCUT2D eigenvalue weighted by molar-refractivity contribution is 0.317. The summed E-state index contributed by atoms with van der Waals surface area (Å²) in [4.78, 5) is 5.57. The molecule has 0 unspecified atom stereocenters. The Morgan fingerprint density at radius 2 is 1.87 bits per heavy atom. The molecule has 1 aliphatic carbocycles. The second-order valence-electron chi connectivity index (χ2n) is 10.3. The third kappa shape index (κ3) is 5.07. The first-order chi connectivity index (χ1) is 14.9. The standard InChI is InChI=1S/C27H38N2S2/c1-19(2)25-23-17-27(3,4)13-12-24(23)31-26(25)22-11-10-21(16-20(22)18-28-30)29-14-8-6-5-7-9-15-29/h10-11,16,28,30H,1,5-9,12-15,17-18H2,2-4H3. The van der Waals surface area contributed by atoms with E-state index in [0.717, 1.165) is 13.0 Å². The number of benzene rings is 1. The van der Waals surface area contributed by atoms with Crippen LogP contribution in [0.3, 0.4) is 0 Å². The number of rotatable bonds is 5. The van der Waals surface area contributed by atoms with E-state index in [0.29, 0.717) is 5.41 Å². The Kier molecular flexibility index (Phi) is 7.20. The van der Waals surface area contributed by atoms with Crippen LogP contribution in [0.15, 0.2) is 24.8 Å². The minimum absolute atomic E-state index is 0.375. The number of thiol groups is 1. The SMILES string of the molecule is C=C(C)c1c(-c2ccc(N3CCCCCCC3)cc2CNS)sc2c1CC(C)(C)CC2. The van der Waals surface area contributed by atoms with Crippen LogP contribution in [0.25, 0.3) is 16.0 Å². The highest BCUT2D eigenvalue weighted by Crippen LogP contribution is 2.48. The van der Waals surface area contributed by atoms with Crippen molar-refractivity contribution in [3.63, 3.8) is 0 Å². The zero-order valence-corrected chi connectivity index (χ0v) is 21.2. The summed E-state index contributed by atoms with van der Waals surface area (Å²) in [7, 11) is 0. The monoisotopic (exact) mass is 454 g/mol. The number of aryl methyl sites for hydroxylation is 1. The molecule has 0 saturated carbocycles. The Bertz CT molecular complexity index is 933. The van der Waals surface area contributed by atoms with Crippen molar-refractivity contribution in [1.82, 2.24) is 4.72 Å². The molecule has 0 atom stereocenters. The van der Waals surface area contributed by atoms with Gasteiger partial charge in [0.2, 0.25) is 0 Å². The predicted molar refractivity (Wildman–Crippen MR) is 141 cm³/mol. The average molecular weight is 455 g/mol. The van der Waals surface area contributed by atoms with Crippen LogP contribution in [-0.2, 0) is 19.4 Å². The second kappa shape index (κ2) is 9.72. The molecular formula is C27H38N2S2. The van der Waals surface area contributed by atoms with Gasteiger partial charge >= 0.3 is 0 Å². The summed E-state index contributed by atoms with van der Waals surface area (Å²) < 4.78 is 3.13. The zero-order valence-electron chi connectivity index (χ0n) is 19.5. The molecule has 1 saturated heterocycles. The molecule has 2 aromatic rings. The van der Waals surface area contributed by atoms with Crippen LogP contribution in [0.1, 0.15) is 80.9 Å². The predicted octanol–water partition coefficient (Wildman–Crippen LogP) is 7.67. The molecule has 168 valence electrons. The number of anilines is 1. The topological polar surface area (TPSA) is 15.3 Å². The average Bonchev–Trinajstić information content (AvgIpc) is 3.05. The Labute approximate surface area is 198 Å². The van der Waals surface area contributed by atoms with E-state index >= 15 is 0 Å². The first kappa shape index (κ1) is 22.9. The maximum Gasteiger partial charge on any atom is 0.0426 e. The van der Waals surface area contributed by atoms with Crippen LogP contribution in [0, 0.1) is 5.41 Å². The fraction of sp³-hybridized carbons (Fsp3) is 0.556. The smallest absolute Gasteiger partial charge is 0.0426 e. The highest BCUT2D eigenvalue weighted by atomic mass is 32.1. The largest absolute Gasteiger partial charge is 0.372 e. The van der Waals surface area contributed by atoms with Gasteiger partial charge in [0.15, 0.2) is 0 Å². The van der Waals surface area contributed by atoms with E-state index in [1.165, 1.54) is 90.9 Å². The van der Waals surface area contributed by atoms with Gasteiger partial charge in [0.25, 0.3) is 0 Å². The number of nitrogens with one attached hydrogen (secondary N) is 1. The van der Waals surface area contributed by atoms with Crippen molar-refractivity contribution in [1.29, 1.82) is 0 Å². The minimum Gasteiger partial charge on any atom is -0.372 e. The van der Waals surface area contributed by atoms with Gasteiger partial charge in [-0.3, -0.25) is 4.72 Å². The van der Waals surface area contributed by atoms with Gasteiger partial charge < -0.3 is 4.90 Å². The quantitative estimate of drug-likeness (QED) is 0.451. The molecule has 1 N–H and O–H groups in total. The summed E-state index contributed by atoms with van der Waals surface area (Å²) in [5, 5.41) is 0. The Hall–Kier alpha value is -1.23. The summed E-state index contributed by atoms with van der Waals surface area (Å²) in [6, 6.07) is 7.12. The normalized spacial score (nSPS) is 18.9. The Morgan fingerprint density at radius 3 is 2.55 bits per heavy atom. The Morgan fingerprint density at radius 1 is 1.16 bits per heavy atom. The lowest BCUT2D eigenvalue weighted by Gasteiger charge is -2.30. The number of nitrogens with zero attached hydrogens (tertiary/aromatic N) is 1.